The van der Waals surface area contributed by atoms with E-state index in [2.05, 4.69) is 86.7 Å². The van der Waals surface area contributed by atoms with Crippen molar-refractivity contribution in [2.24, 2.45) is 0 Å². The zero-order valence-electron chi connectivity index (χ0n) is 24.0. The zero-order valence-corrected chi connectivity index (χ0v) is 24.0. The number of benzene rings is 5. The summed E-state index contributed by atoms with van der Waals surface area (Å²) in [7, 11) is 0. The number of fused-ring (bicyclic) bond motifs is 7. The summed E-state index contributed by atoms with van der Waals surface area (Å²) in [6.07, 6.45) is 3.59. The normalized spacial score (nSPS) is 12.8. The number of nitrogens with zero attached hydrogens (tertiary/aromatic N) is 5. The van der Waals surface area contributed by atoms with Gasteiger partial charge in [0.1, 0.15) is 16.7 Å². The number of hydrogen-bond donors (Lipinski definition) is 0. The van der Waals surface area contributed by atoms with Crippen molar-refractivity contribution < 1.29 is 8.83 Å². The van der Waals surface area contributed by atoms with Gasteiger partial charge in [-0.15, -0.1) is 0 Å². The lowest BCUT2D eigenvalue weighted by atomic mass is 10.0. The summed E-state index contributed by atoms with van der Waals surface area (Å²) in [5.41, 5.74) is 10.3. The van der Waals surface area contributed by atoms with Gasteiger partial charge in [-0.3, -0.25) is 9.55 Å². The van der Waals surface area contributed by atoms with Crippen LogP contribution >= 0.6 is 0 Å². The van der Waals surface area contributed by atoms with Gasteiger partial charge in [0.2, 0.25) is 11.7 Å². The van der Waals surface area contributed by atoms with E-state index in [4.69, 9.17) is 18.8 Å². The summed E-state index contributed by atoms with van der Waals surface area (Å²) >= 11 is 0. The van der Waals surface area contributed by atoms with Crippen molar-refractivity contribution in [2.75, 3.05) is 0 Å². The Bertz CT molecular complexity index is 3200. The van der Waals surface area contributed by atoms with Gasteiger partial charge in [-0.1, -0.05) is 42.5 Å². The summed E-state index contributed by atoms with van der Waals surface area (Å²) < 4.78 is 17.5. The molecule has 212 valence electrons. The Kier molecular flexibility index (Phi) is 3.89. The molecule has 46 heavy (non-hydrogen) atoms. The largest absolute Gasteiger partial charge is 0.456 e. The van der Waals surface area contributed by atoms with Crippen LogP contribution < -0.4 is 0 Å². The molecule has 7 aromatic heterocycles. The number of rotatable bonds is 2. The smallest absolute Gasteiger partial charge is 0.238 e. The fraction of sp³-hybridized carbons (Fsp3) is 0. The van der Waals surface area contributed by atoms with Gasteiger partial charge in [-0.2, -0.15) is 4.98 Å². The third kappa shape index (κ3) is 2.57. The Balaban J connectivity index is 1.33. The predicted octanol–water partition coefficient (Wildman–Crippen LogP) is 9.87. The van der Waals surface area contributed by atoms with Crippen LogP contribution in [0.25, 0.3) is 110 Å². The lowest BCUT2D eigenvalue weighted by Crippen LogP contribution is -2.03. The highest BCUT2D eigenvalue weighted by molar-refractivity contribution is 6.37. The third-order valence-corrected chi connectivity index (χ3v) is 9.79. The van der Waals surface area contributed by atoms with E-state index in [0.717, 1.165) is 76.9 Å². The first-order valence-electron chi connectivity index (χ1n) is 15.3. The molecule has 7 heterocycles. The van der Waals surface area contributed by atoms with Crippen LogP contribution in [0.2, 0.25) is 0 Å². The average molecular weight is 590 g/mol. The van der Waals surface area contributed by atoms with Crippen LogP contribution in [0, 0.1) is 0 Å². The van der Waals surface area contributed by atoms with Crippen LogP contribution in [0.15, 0.2) is 124 Å². The lowest BCUT2D eigenvalue weighted by Gasteiger charge is -2.10. The highest BCUT2D eigenvalue weighted by Crippen LogP contribution is 2.48. The maximum Gasteiger partial charge on any atom is 0.238 e. The molecule has 0 amide bonds. The number of aromatic nitrogens is 5. The van der Waals surface area contributed by atoms with Gasteiger partial charge in [0.05, 0.1) is 44.0 Å². The highest BCUT2D eigenvalue weighted by Gasteiger charge is 2.27. The van der Waals surface area contributed by atoms with Gasteiger partial charge in [-0.05, 0) is 60.7 Å². The van der Waals surface area contributed by atoms with Crippen LogP contribution in [-0.4, -0.2) is 23.9 Å². The average Bonchev–Trinajstić information content (AvgIpc) is 3.82. The summed E-state index contributed by atoms with van der Waals surface area (Å²) in [5, 5.41) is 8.86. The summed E-state index contributed by atoms with van der Waals surface area (Å²) in [5.74, 6) is 0.547. The molecule has 0 radical (unpaired) electrons. The van der Waals surface area contributed by atoms with E-state index < -0.39 is 0 Å². The fourth-order valence-corrected chi connectivity index (χ4v) is 8.01. The molecule has 12 aromatic rings. The van der Waals surface area contributed by atoms with Crippen molar-refractivity contribution >= 4 is 93.1 Å². The molecule has 0 aliphatic rings. The van der Waals surface area contributed by atoms with E-state index in [1.165, 1.54) is 21.8 Å². The van der Waals surface area contributed by atoms with Crippen molar-refractivity contribution in [1.82, 2.24) is 23.9 Å². The first-order valence-corrected chi connectivity index (χ1v) is 15.3. The zero-order chi connectivity index (χ0) is 29.7. The van der Waals surface area contributed by atoms with Gasteiger partial charge in [-0.25, -0.2) is 4.98 Å². The van der Waals surface area contributed by atoms with E-state index in [1.807, 2.05) is 30.3 Å². The van der Waals surface area contributed by atoms with E-state index in [-0.39, 0.29) is 0 Å². The van der Waals surface area contributed by atoms with Crippen LogP contribution in [0.3, 0.4) is 0 Å². The molecule has 0 N–H and O–H groups in total. The van der Waals surface area contributed by atoms with Crippen LogP contribution in [0.5, 0.6) is 0 Å². The van der Waals surface area contributed by atoms with Gasteiger partial charge in [0.15, 0.2) is 0 Å². The van der Waals surface area contributed by atoms with E-state index in [0.29, 0.717) is 11.7 Å². The summed E-state index contributed by atoms with van der Waals surface area (Å²) in [6.45, 7) is 0. The molecule has 7 heteroatoms. The molecule has 0 atom stereocenters. The number of pyridine rings is 1. The van der Waals surface area contributed by atoms with Gasteiger partial charge >= 0.3 is 0 Å². The second kappa shape index (κ2) is 7.78. The topological polar surface area (TPSA) is 74.3 Å². The second-order valence-electron chi connectivity index (χ2n) is 12.0. The fourth-order valence-electron chi connectivity index (χ4n) is 8.01. The first kappa shape index (κ1) is 23.0. The van der Waals surface area contributed by atoms with Crippen molar-refractivity contribution in [3.8, 4) is 17.2 Å². The predicted molar refractivity (Wildman–Crippen MR) is 182 cm³/mol. The molecule has 0 fully saturated rings. The molecule has 0 aliphatic heterocycles. The van der Waals surface area contributed by atoms with Gasteiger partial charge in [0, 0.05) is 50.3 Å². The Hall–Kier alpha value is -6.47. The monoisotopic (exact) mass is 589 g/mol. The summed E-state index contributed by atoms with van der Waals surface area (Å²) in [6, 6.07) is 35.7. The number of hydrogen-bond acceptors (Lipinski definition) is 5. The summed E-state index contributed by atoms with van der Waals surface area (Å²) in [4.78, 5) is 14.7. The molecule has 7 nitrogen and oxygen atoms in total. The minimum Gasteiger partial charge on any atom is -0.456 e. The van der Waals surface area contributed by atoms with Crippen molar-refractivity contribution in [3.63, 3.8) is 0 Å². The van der Waals surface area contributed by atoms with Crippen molar-refractivity contribution in [2.45, 2.75) is 0 Å². The van der Waals surface area contributed by atoms with E-state index >= 15 is 0 Å². The van der Waals surface area contributed by atoms with E-state index in [1.54, 1.807) is 12.4 Å². The van der Waals surface area contributed by atoms with Gasteiger partial charge in [0.25, 0.3) is 0 Å². The first-order chi connectivity index (χ1) is 22.8. The Morgan fingerprint density at radius 3 is 2.17 bits per heavy atom. The number of para-hydroxylation sites is 2. The standard InChI is InChI=1S/C39H19N5O2/c1-3-8-24-21(6-1)22-12-14-30-35-34-29(45-30)15-13-27-33(34)32-25(43(24)37(22)35)9-5-10-26(32)44(27)39-41-36(20-16-18-40-19-17-20)31-23-7-2-4-11-28(23)46-38(31)42-39/h1-19H. The Morgan fingerprint density at radius 1 is 0.478 bits per heavy atom. The highest BCUT2D eigenvalue weighted by atomic mass is 16.3. The minimum absolute atomic E-state index is 0.547. The molecular weight excluding hydrogens is 570 g/mol. The Labute approximate surface area is 258 Å². The van der Waals surface area contributed by atoms with Crippen LogP contribution in [-0.2, 0) is 0 Å². The van der Waals surface area contributed by atoms with Gasteiger partial charge < -0.3 is 13.2 Å². The molecule has 12 rings (SSSR count). The molecule has 0 saturated carbocycles. The van der Waals surface area contributed by atoms with Crippen LogP contribution in [0.1, 0.15) is 0 Å². The quantitative estimate of drug-likeness (QED) is 0.201. The molecular formula is C39H19N5O2. The Morgan fingerprint density at radius 2 is 1.24 bits per heavy atom. The third-order valence-electron chi connectivity index (χ3n) is 9.79. The van der Waals surface area contributed by atoms with Crippen LogP contribution in [0.4, 0.5) is 0 Å². The molecule has 0 unspecified atom stereocenters. The maximum atomic E-state index is 6.54. The maximum absolute atomic E-state index is 6.54. The second-order valence-corrected chi connectivity index (χ2v) is 12.0. The van der Waals surface area contributed by atoms with Crippen molar-refractivity contribution in [3.05, 3.63) is 116 Å². The molecule has 0 spiro atoms. The molecule has 0 saturated heterocycles. The molecule has 5 aromatic carbocycles. The molecule has 0 bridgehead atoms. The number of furan rings is 2. The minimum atomic E-state index is 0.547. The SMILES string of the molecule is c1ccc2c(c1)oc1nc(-n3c4ccc5oc6ccc7c8ccccc8n8c9cccc3c9c4c5c6c78)nc(-c3ccncc3)c12. The van der Waals surface area contributed by atoms with E-state index in [9.17, 15) is 0 Å². The molecule has 0 aliphatic carbocycles. The van der Waals surface area contributed by atoms with Crippen molar-refractivity contribution in [1.29, 1.82) is 0 Å². The lowest BCUT2D eigenvalue weighted by molar-refractivity contribution is 0.651.